The Morgan fingerprint density at radius 3 is 2.30 bits per heavy atom. The Labute approximate surface area is 162 Å². The third-order valence-corrected chi connectivity index (χ3v) is 5.38. The van der Waals surface area contributed by atoms with E-state index >= 15 is 0 Å². The maximum atomic E-state index is 12.5. The van der Waals surface area contributed by atoms with Gasteiger partial charge in [0.15, 0.2) is 11.5 Å². The van der Waals surface area contributed by atoms with Crippen LogP contribution in [0.2, 0.25) is 0 Å². The highest BCUT2D eigenvalue weighted by atomic mass is 16.6. The van der Waals surface area contributed by atoms with E-state index in [1.165, 1.54) is 0 Å². The standard InChI is InChI=1S/C21H32N2O4/c1-21(2,3)27-20(24)23-16-7-8-17(23)12-15(11-16)22-13-14-6-9-18(25-4)19(10-14)26-5/h6,9-10,15-17,22H,7-8,11-13H2,1-5H3. The van der Waals surface area contributed by atoms with Crippen molar-refractivity contribution >= 4 is 6.09 Å². The Balaban J connectivity index is 1.57. The largest absolute Gasteiger partial charge is 0.493 e. The van der Waals surface area contributed by atoms with E-state index in [0.29, 0.717) is 6.04 Å². The maximum Gasteiger partial charge on any atom is 0.410 e. The molecule has 1 N–H and O–H groups in total. The minimum absolute atomic E-state index is 0.159. The third-order valence-electron chi connectivity index (χ3n) is 5.38. The summed E-state index contributed by atoms with van der Waals surface area (Å²) >= 11 is 0. The van der Waals surface area contributed by atoms with Gasteiger partial charge in [-0.2, -0.15) is 0 Å². The minimum Gasteiger partial charge on any atom is -0.493 e. The van der Waals surface area contributed by atoms with Gasteiger partial charge in [-0.1, -0.05) is 6.07 Å². The summed E-state index contributed by atoms with van der Waals surface area (Å²) in [6.45, 7) is 6.54. The average molecular weight is 376 g/mol. The van der Waals surface area contributed by atoms with Gasteiger partial charge in [-0.3, -0.25) is 0 Å². The smallest absolute Gasteiger partial charge is 0.410 e. The molecule has 0 saturated carbocycles. The molecule has 1 aromatic carbocycles. The fraction of sp³-hybridized carbons (Fsp3) is 0.667. The number of benzene rings is 1. The predicted octanol–water partition coefficient (Wildman–Crippen LogP) is 3.72. The van der Waals surface area contributed by atoms with Gasteiger partial charge in [0, 0.05) is 24.7 Å². The monoisotopic (exact) mass is 376 g/mol. The normalized spacial score (nSPS) is 24.6. The molecule has 1 aromatic rings. The molecule has 1 amide bonds. The second-order valence-corrected chi connectivity index (χ2v) is 8.51. The van der Waals surface area contributed by atoms with Crippen molar-refractivity contribution in [2.45, 2.75) is 76.7 Å². The molecular weight excluding hydrogens is 344 g/mol. The number of amides is 1. The number of ether oxygens (including phenoxy) is 3. The van der Waals surface area contributed by atoms with Crippen LogP contribution in [0.15, 0.2) is 18.2 Å². The van der Waals surface area contributed by atoms with Crippen molar-refractivity contribution in [1.82, 2.24) is 10.2 Å². The second-order valence-electron chi connectivity index (χ2n) is 8.51. The minimum atomic E-state index is -0.445. The van der Waals surface area contributed by atoms with Crippen LogP contribution in [0.1, 0.15) is 52.0 Å². The quantitative estimate of drug-likeness (QED) is 0.849. The van der Waals surface area contributed by atoms with E-state index in [0.717, 1.165) is 49.3 Å². The lowest BCUT2D eigenvalue weighted by Crippen LogP contribution is -2.52. The molecule has 2 bridgehead atoms. The van der Waals surface area contributed by atoms with Crippen LogP contribution in [-0.2, 0) is 11.3 Å². The lowest BCUT2D eigenvalue weighted by Gasteiger charge is -2.39. The molecule has 3 rings (SSSR count). The van der Waals surface area contributed by atoms with Gasteiger partial charge < -0.3 is 24.4 Å². The molecule has 6 nitrogen and oxygen atoms in total. The Morgan fingerprint density at radius 2 is 1.74 bits per heavy atom. The van der Waals surface area contributed by atoms with E-state index in [-0.39, 0.29) is 18.2 Å². The van der Waals surface area contributed by atoms with Gasteiger partial charge >= 0.3 is 6.09 Å². The lowest BCUT2D eigenvalue weighted by molar-refractivity contribution is 0.00466. The number of hydrogen-bond donors (Lipinski definition) is 1. The van der Waals surface area contributed by atoms with E-state index in [9.17, 15) is 4.79 Å². The number of rotatable bonds is 5. The van der Waals surface area contributed by atoms with E-state index < -0.39 is 5.60 Å². The van der Waals surface area contributed by atoms with E-state index in [1.54, 1.807) is 14.2 Å². The molecule has 2 saturated heterocycles. The number of methoxy groups -OCH3 is 2. The fourth-order valence-electron chi connectivity index (χ4n) is 4.21. The highest BCUT2D eigenvalue weighted by Gasteiger charge is 2.44. The Kier molecular flexibility index (Phi) is 5.84. The first-order chi connectivity index (χ1) is 12.8. The molecule has 6 heteroatoms. The van der Waals surface area contributed by atoms with Gasteiger partial charge in [-0.15, -0.1) is 0 Å². The molecule has 2 unspecified atom stereocenters. The summed E-state index contributed by atoms with van der Waals surface area (Å²) in [6, 6.07) is 6.97. The molecule has 0 aliphatic carbocycles. The van der Waals surface area contributed by atoms with Crippen LogP contribution in [0.25, 0.3) is 0 Å². The molecule has 2 heterocycles. The van der Waals surface area contributed by atoms with Crippen molar-refractivity contribution in [2.75, 3.05) is 14.2 Å². The summed E-state index contributed by atoms with van der Waals surface area (Å²) in [5, 5.41) is 3.66. The molecule has 2 aliphatic rings. The number of piperidine rings is 1. The molecule has 2 fully saturated rings. The Bertz CT molecular complexity index is 657. The zero-order valence-corrected chi connectivity index (χ0v) is 17.1. The highest BCUT2D eigenvalue weighted by Crippen LogP contribution is 2.37. The van der Waals surface area contributed by atoms with Crippen LogP contribution in [-0.4, -0.2) is 48.9 Å². The molecule has 0 radical (unpaired) electrons. The van der Waals surface area contributed by atoms with Gasteiger partial charge in [0.25, 0.3) is 0 Å². The Hall–Kier alpha value is -1.95. The van der Waals surface area contributed by atoms with Gasteiger partial charge in [-0.05, 0) is 64.2 Å². The van der Waals surface area contributed by atoms with Gasteiger partial charge in [0.05, 0.1) is 14.2 Å². The summed E-state index contributed by atoms with van der Waals surface area (Å²) in [4.78, 5) is 14.5. The van der Waals surface area contributed by atoms with Crippen molar-refractivity contribution in [3.8, 4) is 11.5 Å². The summed E-state index contributed by atoms with van der Waals surface area (Å²) in [6.07, 6.45) is 3.93. The number of hydrogen-bond acceptors (Lipinski definition) is 5. The van der Waals surface area contributed by atoms with Gasteiger partial charge in [0.2, 0.25) is 0 Å². The first-order valence-corrected chi connectivity index (χ1v) is 9.76. The van der Waals surface area contributed by atoms with Crippen LogP contribution in [0.4, 0.5) is 4.79 Å². The second kappa shape index (κ2) is 7.97. The average Bonchev–Trinajstić information content (AvgIpc) is 2.89. The first kappa shape index (κ1) is 19.8. The third kappa shape index (κ3) is 4.67. The molecular formula is C21H32N2O4. The summed E-state index contributed by atoms with van der Waals surface area (Å²) < 4.78 is 16.3. The number of carbonyl (C=O) groups is 1. The molecule has 27 heavy (non-hydrogen) atoms. The van der Waals surface area contributed by atoms with Crippen LogP contribution >= 0.6 is 0 Å². The van der Waals surface area contributed by atoms with Crippen molar-refractivity contribution in [3.05, 3.63) is 23.8 Å². The SMILES string of the molecule is COc1ccc(CNC2CC3CCC(C2)N3C(=O)OC(C)(C)C)cc1OC. The van der Waals surface area contributed by atoms with Crippen molar-refractivity contribution in [3.63, 3.8) is 0 Å². The van der Waals surface area contributed by atoms with Crippen LogP contribution in [0.3, 0.4) is 0 Å². The number of fused-ring (bicyclic) bond motifs is 2. The zero-order valence-electron chi connectivity index (χ0n) is 17.1. The van der Waals surface area contributed by atoms with Gasteiger partial charge in [-0.25, -0.2) is 4.79 Å². The molecule has 0 spiro atoms. The molecule has 0 aromatic heterocycles. The predicted molar refractivity (Wildman–Crippen MR) is 104 cm³/mol. The molecule has 2 aliphatic heterocycles. The first-order valence-electron chi connectivity index (χ1n) is 9.76. The van der Waals surface area contributed by atoms with Gasteiger partial charge in [0.1, 0.15) is 5.60 Å². The summed E-state index contributed by atoms with van der Waals surface area (Å²) in [7, 11) is 3.29. The van der Waals surface area contributed by atoms with E-state index in [2.05, 4.69) is 11.4 Å². The topological polar surface area (TPSA) is 60.0 Å². The Morgan fingerprint density at radius 1 is 1.11 bits per heavy atom. The van der Waals surface area contributed by atoms with Crippen molar-refractivity contribution in [2.24, 2.45) is 0 Å². The summed E-state index contributed by atoms with van der Waals surface area (Å²) in [5.41, 5.74) is 0.716. The fourth-order valence-corrected chi connectivity index (χ4v) is 4.21. The maximum absolute atomic E-state index is 12.5. The van der Waals surface area contributed by atoms with Crippen molar-refractivity contribution in [1.29, 1.82) is 0 Å². The van der Waals surface area contributed by atoms with Crippen LogP contribution < -0.4 is 14.8 Å². The molecule has 2 atom stereocenters. The highest BCUT2D eigenvalue weighted by molar-refractivity contribution is 5.69. The number of nitrogens with one attached hydrogen (secondary N) is 1. The zero-order chi connectivity index (χ0) is 19.6. The number of carbonyl (C=O) groups excluding carboxylic acids is 1. The summed E-state index contributed by atoms with van der Waals surface area (Å²) in [5.74, 6) is 1.49. The van der Waals surface area contributed by atoms with Crippen LogP contribution in [0.5, 0.6) is 11.5 Å². The van der Waals surface area contributed by atoms with E-state index in [4.69, 9.17) is 14.2 Å². The molecule has 150 valence electrons. The van der Waals surface area contributed by atoms with E-state index in [1.807, 2.05) is 37.8 Å². The lowest BCUT2D eigenvalue weighted by atomic mass is 9.97. The van der Waals surface area contributed by atoms with Crippen molar-refractivity contribution < 1.29 is 19.0 Å². The van der Waals surface area contributed by atoms with Crippen LogP contribution in [0, 0.1) is 0 Å². The number of nitrogens with zero attached hydrogens (tertiary/aromatic N) is 1.